The molecule has 0 radical (unpaired) electrons. The molecule has 0 fully saturated rings. The fraction of sp³-hybridized carbons (Fsp3) is 0.562. The lowest BCUT2D eigenvalue weighted by Gasteiger charge is -2.27. The van der Waals surface area contributed by atoms with E-state index in [1.54, 1.807) is 7.11 Å². The maximum absolute atomic E-state index is 12.2. The maximum atomic E-state index is 12.2. The van der Waals surface area contributed by atoms with E-state index in [1.165, 1.54) is 0 Å². The van der Waals surface area contributed by atoms with E-state index in [4.69, 9.17) is 9.47 Å². The molecule has 0 amide bonds. The molecule has 3 nitrogen and oxygen atoms in total. The van der Waals surface area contributed by atoms with Crippen LogP contribution in [0.4, 0.5) is 0 Å². The minimum atomic E-state index is -0.373. The maximum Gasteiger partial charge on any atom is 0.136 e. The number of carbonyl (C=O) groups is 1. The molecule has 1 aromatic carbocycles. The van der Waals surface area contributed by atoms with Gasteiger partial charge in [-0.1, -0.05) is 18.2 Å². The van der Waals surface area contributed by atoms with Gasteiger partial charge in [-0.25, -0.2) is 0 Å². The summed E-state index contributed by atoms with van der Waals surface area (Å²) in [5.74, 6) is 1.47. The summed E-state index contributed by atoms with van der Waals surface area (Å²) in [5.41, 5.74) is 0.791. The number of fused-ring (bicyclic) bond motifs is 1. The van der Waals surface area contributed by atoms with Crippen molar-refractivity contribution in [3.05, 3.63) is 29.8 Å². The Morgan fingerprint density at radius 3 is 2.89 bits per heavy atom. The first-order valence-corrected chi connectivity index (χ1v) is 6.80. The van der Waals surface area contributed by atoms with Crippen molar-refractivity contribution >= 4 is 5.78 Å². The normalized spacial score (nSPS) is 18.6. The molecule has 0 saturated carbocycles. The summed E-state index contributed by atoms with van der Waals surface area (Å²) in [6.07, 6.45) is 1.95. The van der Waals surface area contributed by atoms with Gasteiger partial charge in [0.15, 0.2) is 0 Å². The quantitative estimate of drug-likeness (QED) is 0.816. The van der Waals surface area contributed by atoms with Gasteiger partial charge in [0.1, 0.15) is 11.5 Å². The highest BCUT2D eigenvalue weighted by molar-refractivity contribution is 5.80. The zero-order valence-electron chi connectivity index (χ0n) is 11.9. The largest absolute Gasteiger partial charge is 0.493 e. The third kappa shape index (κ3) is 3.57. The topological polar surface area (TPSA) is 35.5 Å². The third-order valence-electron chi connectivity index (χ3n) is 3.73. The molecular weight excluding hydrogens is 240 g/mol. The van der Waals surface area contributed by atoms with Gasteiger partial charge in [0.25, 0.3) is 0 Å². The standard InChI is InChI=1S/C16H22O3/c1-16(2,18-3)11-13(17)10-12-8-9-19-15-7-5-4-6-14(12)15/h4-7,12H,8-11H2,1-3H3. The second-order valence-corrected chi connectivity index (χ2v) is 5.76. The predicted octanol–water partition coefficient (Wildman–Crippen LogP) is 3.33. The van der Waals surface area contributed by atoms with Crippen molar-refractivity contribution in [2.45, 2.75) is 44.6 Å². The number of hydrogen-bond donors (Lipinski definition) is 0. The molecule has 2 rings (SSSR count). The van der Waals surface area contributed by atoms with Gasteiger partial charge in [-0.3, -0.25) is 4.79 Å². The van der Waals surface area contributed by atoms with Gasteiger partial charge in [0.2, 0.25) is 0 Å². The van der Waals surface area contributed by atoms with Gasteiger partial charge in [-0.15, -0.1) is 0 Å². The van der Waals surface area contributed by atoms with Crippen molar-refractivity contribution in [1.82, 2.24) is 0 Å². The Balaban J connectivity index is 2.03. The summed E-state index contributed by atoms with van der Waals surface area (Å²) in [6, 6.07) is 8.01. The number of carbonyl (C=O) groups excluding carboxylic acids is 1. The summed E-state index contributed by atoms with van der Waals surface area (Å²) in [6.45, 7) is 4.59. The molecule has 104 valence electrons. The van der Waals surface area contributed by atoms with E-state index >= 15 is 0 Å². The highest BCUT2D eigenvalue weighted by atomic mass is 16.5. The second kappa shape index (κ2) is 5.74. The van der Waals surface area contributed by atoms with E-state index in [0.29, 0.717) is 19.4 Å². The van der Waals surface area contributed by atoms with Crippen LogP contribution in [-0.2, 0) is 9.53 Å². The van der Waals surface area contributed by atoms with E-state index in [0.717, 1.165) is 17.7 Å². The number of rotatable bonds is 5. The monoisotopic (exact) mass is 262 g/mol. The minimum Gasteiger partial charge on any atom is -0.493 e. The fourth-order valence-electron chi connectivity index (χ4n) is 2.52. The highest BCUT2D eigenvalue weighted by Gasteiger charge is 2.27. The predicted molar refractivity (Wildman–Crippen MR) is 74.6 cm³/mol. The summed E-state index contributed by atoms with van der Waals surface area (Å²) >= 11 is 0. The van der Waals surface area contributed by atoms with Gasteiger partial charge >= 0.3 is 0 Å². The molecule has 0 saturated heterocycles. The molecule has 1 aliphatic rings. The van der Waals surface area contributed by atoms with E-state index in [9.17, 15) is 4.79 Å². The molecule has 19 heavy (non-hydrogen) atoms. The van der Waals surface area contributed by atoms with Crippen LogP contribution in [0.25, 0.3) is 0 Å². The second-order valence-electron chi connectivity index (χ2n) is 5.76. The Labute approximate surface area is 114 Å². The summed E-state index contributed by atoms with van der Waals surface area (Å²) in [7, 11) is 1.65. The van der Waals surface area contributed by atoms with Crippen molar-refractivity contribution in [3.8, 4) is 5.75 Å². The lowest BCUT2D eigenvalue weighted by Crippen LogP contribution is -2.27. The molecule has 1 aromatic rings. The van der Waals surface area contributed by atoms with Crippen LogP contribution in [0.2, 0.25) is 0 Å². The molecule has 1 atom stereocenters. The first-order chi connectivity index (χ1) is 9.02. The van der Waals surface area contributed by atoms with Gasteiger partial charge in [0.05, 0.1) is 12.2 Å². The number of benzene rings is 1. The van der Waals surface area contributed by atoms with Crippen LogP contribution in [-0.4, -0.2) is 25.1 Å². The van der Waals surface area contributed by atoms with E-state index < -0.39 is 0 Å². The summed E-state index contributed by atoms with van der Waals surface area (Å²) < 4.78 is 10.9. The average molecular weight is 262 g/mol. The minimum absolute atomic E-state index is 0.258. The molecule has 1 heterocycles. The summed E-state index contributed by atoms with van der Waals surface area (Å²) in [4.78, 5) is 12.2. The number of ketones is 1. The van der Waals surface area contributed by atoms with Crippen LogP contribution >= 0.6 is 0 Å². The number of para-hydroxylation sites is 1. The van der Waals surface area contributed by atoms with Crippen LogP contribution < -0.4 is 4.74 Å². The third-order valence-corrected chi connectivity index (χ3v) is 3.73. The van der Waals surface area contributed by atoms with Gasteiger partial charge in [-0.05, 0) is 37.8 Å². The molecule has 1 unspecified atom stereocenters. The Hall–Kier alpha value is -1.35. The molecular formula is C16H22O3. The first kappa shape index (κ1) is 14.1. The van der Waals surface area contributed by atoms with Gasteiger partial charge in [0, 0.05) is 20.0 Å². The molecule has 1 aliphatic heterocycles. The van der Waals surface area contributed by atoms with Crippen molar-refractivity contribution in [1.29, 1.82) is 0 Å². The number of hydrogen-bond acceptors (Lipinski definition) is 3. The fourth-order valence-corrected chi connectivity index (χ4v) is 2.52. The van der Waals surface area contributed by atoms with Gasteiger partial charge < -0.3 is 9.47 Å². The molecule has 0 bridgehead atoms. The van der Waals surface area contributed by atoms with Crippen molar-refractivity contribution in [2.24, 2.45) is 0 Å². The Morgan fingerprint density at radius 2 is 2.16 bits per heavy atom. The number of ether oxygens (including phenoxy) is 2. The zero-order chi connectivity index (χ0) is 13.9. The van der Waals surface area contributed by atoms with Crippen molar-refractivity contribution in [2.75, 3.05) is 13.7 Å². The first-order valence-electron chi connectivity index (χ1n) is 6.80. The lowest BCUT2D eigenvalue weighted by molar-refractivity contribution is -0.124. The van der Waals surface area contributed by atoms with Gasteiger partial charge in [-0.2, -0.15) is 0 Å². The number of Topliss-reactive ketones (excluding diaryl/α,β-unsaturated/α-hetero) is 1. The molecule has 0 N–H and O–H groups in total. The van der Waals surface area contributed by atoms with E-state index in [-0.39, 0.29) is 17.3 Å². The number of methoxy groups -OCH3 is 1. The van der Waals surface area contributed by atoms with Crippen molar-refractivity contribution in [3.63, 3.8) is 0 Å². The van der Waals surface area contributed by atoms with Crippen LogP contribution in [0.3, 0.4) is 0 Å². The van der Waals surface area contributed by atoms with Crippen LogP contribution in [0, 0.1) is 0 Å². The molecule has 0 spiro atoms. The van der Waals surface area contributed by atoms with Crippen LogP contribution in [0.5, 0.6) is 5.75 Å². The highest BCUT2D eigenvalue weighted by Crippen LogP contribution is 2.36. The van der Waals surface area contributed by atoms with Crippen molar-refractivity contribution < 1.29 is 14.3 Å². The molecule has 0 aliphatic carbocycles. The zero-order valence-corrected chi connectivity index (χ0v) is 11.9. The van der Waals surface area contributed by atoms with Crippen LogP contribution in [0.15, 0.2) is 24.3 Å². The molecule has 3 heteroatoms. The van der Waals surface area contributed by atoms with Crippen LogP contribution in [0.1, 0.15) is 44.6 Å². The average Bonchev–Trinajstić information content (AvgIpc) is 2.38. The smallest absolute Gasteiger partial charge is 0.136 e. The summed E-state index contributed by atoms with van der Waals surface area (Å²) in [5, 5.41) is 0. The Bertz CT molecular complexity index is 451. The SMILES string of the molecule is COC(C)(C)CC(=O)CC1CCOc2ccccc21. The Morgan fingerprint density at radius 1 is 1.42 bits per heavy atom. The molecule has 0 aromatic heterocycles. The lowest BCUT2D eigenvalue weighted by atomic mass is 9.86. The van der Waals surface area contributed by atoms with E-state index in [1.807, 2.05) is 32.0 Å². The Kier molecular flexibility index (Phi) is 4.25. The van der Waals surface area contributed by atoms with E-state index in [2.05, 4.69) is 6.07 Å².